The molecule has 0 aromatic heterocycles. The van der Waals surface area contributed by atoms with E-state index in [1.54, 1.807) is 0 Å². The quantitative estimate of drug-likeness (QED) is 0.334. The number of benzene rings is 2. The Labute approximate surface area is 235 Å². The van der Waals surface area contributed by atoms with Gasteiger partial charge < -0.3 is 10.2 Å². The van der Waals surface area contributed by atoms with Gasteiger partial charge in [-0.2, -0.15) is 39.5 Å². The lowest BCUT2D eigenvalue weighted by atomic mass is 9.87. The minimum absolute atomic E-state index is 0.0292. The van der Waals surface area contributed by atoms with Crippen LogP contribution in [0.2, 0.25) is 10.0 Å². The molecule has 1 unspecified atom stereocenters. The molecule has 2 aliphatic heterocycles. The van der Waals surface area contributed by atoms with Crippen molar-refractivity contribution in [3.63, 3.8) is 0 Å². The van der Waals surface area contributed by atoms with Crippen molar-refractivity contribution in [3.8, 4) is 0 Å². The highest BCUT2D eigenvalue weighted by Gasteiger charge is 2.60. The highest BCUT2D eigenvalue weighted by molar-refractivity contribution is 6.42. The molecule has 0 bridgehead atoms. The van der Waals surface area contributed by atoms with Crippen LogP contribution in [0, 0.1) is 0 Å². The van der Waals surface area contributed by atoms with Crippen LogP contribution in [0.15, 0.2) is 42.5 Å². The molecular weight excluding hydrogens is 623 g/mol. The number of nitrogens with zero attached hydrogens (tertiary/aromatic N) is 1. The van der Waals surface area contributed by atoms with Crippen LogP contribution in [0.3, 0.4) is 0 Å². The Morgan fingerprint density at radius 1 is 0.976 bits per heavy atom. The molecule has 1 fully saturated rings. The van der Waals surface area contributed by atoms with Crippen molar-refractivity contribution in [2.24, 2.45) is 0 Å². The van der Waals surface area contributed by atoms with Gasteiger partial charge in [-0.3, -0.25) is 10.3 Å². The van der Waals surface area contributed by atoms with E-state index in [1.165, 1.54) is 24.3 Å². The summed E-state index contributed by atoms with van der Waals surface area (Å²) in [7, 11) is 0. The van der Waals surface area contributed by atoms with Gasteiger partial charge in [-0.1, -0.05) is 47.5 Å². The Hall–Kier alpha value is -2.91. The number of urea groups is 1. The second-order valence-electron chi connectivity index (χ2n) is 9.31. The number of rotatable bonds is 5. The largest absolute Gasteiger partial charge is 0.428 e. The SMILES string of the molecule is O=C(NCCC(F)(F)F)N1CC(F)(c2ccc(C3=CC(c4cc(Cl)c(Cl)c(C(F)(F)F)c4)(C(F)(F)F)ON3)cc2)C1. The summed E-state index contributed by atoms with van der Waals surface area (Å²) in [6.07, 6.45) is -15.6. The summed E-state index contributed by atoms with van der Waals surface area (Å²) in [4.78, 5) is 17.7. The van der Waals surface area contributed by atoms with Crippen LogP contribution in [-0.2, 0) is 22.3 Å². The molecule has 0 radical (unpaired) electrons. The van der Waals surface area contributed by atoms with Crippen LogP contribution >= 0.6 is 23.2 Å². The molecule has 2 aliphatic rings. The number of carbonyl (C=O) groups excluding carboxylic acids is 1. The molecule has 5 nitrogen and oxygen atoms in total. The summed E-state index contributed by atoms with van der Waals surface area (Å²) in [5.74, 6) is 0. The maximum absolute atomic E-state index is 15.3. The van der Waals surface area contributed by atoms with Crippen molar-refractivity contribution in [2.75, 3.05) is 19.6 Å². The summed E-state index contributed by atoms with van der Waals surface area (Å²) in [6, 6.07) is 4.75. The summed E-state index contributed by atoms with van der Waals surface area (Å²) in [5.41, 5.74) is -6.26. The van der Waals surface area contributed by atoms with E-state index in [-0.39, 0.29) is 22.9 Å². The van der Waals surface area contributed by atoms with Gasteiger partial charge in [0.15, 0.2) is 5.67 Å². The van der Waals surface area contributed by atoms with Gasteiger partial charge in [-0.15, -0.1) is 0 Å². The number of hydroxylamine groups is 1. The zero-order valence-corrected chi connectivity index (χ0v) is 21.7. The first kappa shape index (κ1) is 31.0. The van der Waals surface area contributed by atoms with Crippen molar-refractivity contribution >= 4 is 34.9 Å². The molecule has 4 rings (SSSR count). The Morgan fingerprint density at radius 2 is 1.59 bits per heavy atom. The predicted molar refractivity (Wildman–Crippen MR) is 126 cm³/mol. The van der Waals surface area contributed by atoms with E-state index in [4.69, 9.17) is 28.0 Å². The van der Waals surface area contributed by atoms with E-state index in [0.29, 0.717) is 12.1 Å². The lowest BCUT2D eigenvalue weighted by Gasteiger charge is -2.44. The maximum Gasteiger partial charge on any atom is 0.428 e. The monoisotopic (exact) mass is 639 g/mol. The van der Waals surface area contributed by atoms with Crippen molar-refractivity contribution in [2.45, 2.75) is 36.2 Å². The fraction of sp³-hybridized carbons (Fsp3) is 0.375. The summed E-state index contributed by atoms with van der Waals surface area (Å²) in [6.45, 7) is -1.65. The standard InChI is InChI=1S/C24H17Cl2F10N3O2/c25-16-8-14(7-15(18(16)26)23(31,32)33)21(24(34,35)36)9-17(38-41-21)12-1-3-13(4-2-12)20(27)10-39(11-20)19(40)37-6-5-22(28,29)30/h1-4,7-9,38H,5-6,10-11H2,(H,37,40). The number of halogens is 12. The van der Waals surface area contributed by atoms with E-state index < -0.39 is 83.1 Å². The first-order valence-corrected chi connectivity index (χ1v) is 12.2. The van der Waals surface area contributed by atoms with Gasteiger partial charge in [-0.05, 0) is 29.3 Å². The molecule has 2 N–H and O–H groups in total. The van der Waals surface area contributed by atoms with Crippen LogP contribution in [0.1, 0.15) is 28.7 Å². The molecule has 41 heavy (non-hydrogen) atoms. The number of alkyl halides is 10. The molecular formula is C24H17Cl2F10N3O2. The van der Waals surface area contributed by atoms with Gasteiger partial charge in [0.05, 0.1) is 40.8 Å². The molecule has 2 amide bonds. The third kappa shape index (κ3) is 6.16. The molecule has 1 atom stereocenters. The Morgan fingerprint density at radius 3 is 2.12 bits per heavy atom. The average molecular weight is 640 g/mol. The number of likely N-dealkylation sites (tertiary alicyclic amines) is 1. The van der Waals surface area contributed by atoms with E-state index in [1.807, 2.05) is 10.8 Å². The number of amides is 2. The van der Waals surface area contributed by atoms with Crippen molar-refractivity contribution in [1.82, 2.24) is 15.7 Å². The number of carbonyl (C=O) groups is 1. The Balaban J connectivity index is 1.54. The van der Waals surface area contributed by atoms with Gasteiger partial charge >= 0.3 is 24.6 Å². The summed E-state index contributed by atoms with van der Waals surface area (Å²) in [5, 5.41) is 0.257. The zero-order chi connectivity index (χ0) is 30.6. The average Bonchev–Trinajstić information content (AvgIpc) is 3.29. The van der Waals surface area contributed by atoms with Crippen LogP contribution < -0.4 is 10.8 Å². The molecule has 2 aromatic carbocycles. The van der Waals surface area contributed by atoms with Crippen molar-refractivity contribution < 1.29 is 53.5 Å². The molecule has 0 aliphatic carbocycles. The number of hydrogen-bond donors (Lipinski definition) is 2. The predicted octanol–water partition coefficient (Wildman–Crippen LogP) is 7.49. The summed E-state index contributed by atoms with van der Waals surface area (Å²) >= 11 is 11.3. The third-order valence-corrected chi connectivity index (χ3v) is 7.22. The Bertz CT molecular complexity index is 1350. The first-order valence-electron chi connectivity index (χ1n) is 11.5. The third-order valence-electron chi connectivity index (χ3n) is 6.42. The highest BCUT2D eigenvalue weighted by Crippen LogP contribution is 2.50. The van der Waals surface area contributed by atoms with Gasteiger partial charge in [0, 0.05) is 12.1 Å². The minimum atomic E-state index is -5.28. The van der Waals surface area contributed by atoms with E-state index in [2.05, 4.69) is 0 Å². The summed E-state index contributed by atoms with van der Waals surface area (Å²) < 4.78 is 135. The minimum Gasteiger partial charge on any atom is -0.338 e. The zero-order valence-electron chi connectivity index (χ0n) is 20.2. The smallest absolute Gasteiger partial charge is 0.338 e. The number of hydrogen-bond acceptors (Lipinski definition) is 3. The molecule has 0 spiro atoms. The number of nitrogens with one attached hydrogen (secondary N) is 2. The molecule has 17 heteroatoms. The van der Waals surface area contributed by atoms with E-state index >= 15 is 4.39 Å². The normalized spacial score (nSPS) is 20.8. The van der Waals surface area contributed by atoms with Crippen LogP contribution in [0.4, 0.5) is 48.7 Å². The second kappa shape index (κ2) is 10.4. The molecule has 1 saturated heterocycles. The van der Waals surface area contributed by atoms with Crippen molar-refractivity contribution in [1.29, 1.82) is 0 Å². The lowest BCUT2D eigenvalue weighted by molar-refractivity contribution is -0.269. The lowest BCUT2D eigenvalue weighted by Crippen LogP contribution is -2.61. The van der Waals surface area contributed by atoms with Gasteiger partial charge in [-0.25, -0.2) is 9.18 Å². The first-order chi connectivity index (χ1) is 18.8. The van der Waals surface area contributed by atoms with Gasteiger partial charge in [0.2, 0.25) is 5.60 Å². The Kier molecular flexibility index (Phi) is 7.89. The van der Waals surface area contributed by atoms with Crippen LogP contribution in [0.5, 0.6) is 0 Å². The molecule has 224 valence electrons. The van der Waals surface area contributed by atoms with Crippen LogP contribution in [-0.4, -0.2) is 42.9 Å². The molecule has 2 heterocycles. The fourth-order valence-electron chi connectivity index (χ4n) is 4.25. The van der Waals surface area contributed by atoms with Crippen LogP contribution in [0.25, 0.3) is 5.70 Å². The fourth-order valence-corrected chi connectivity index (χ4v) is 4.69. The van der Waals surface area contributed by atoms with E-state index in [9.17, 15) is 44.3 Å². The maximum atomic E-state index is 15.3. The topological polar surface area (TPSA) is 53.6 Å². The van der Waals surface area contributed by atoms with Gasteiger partial charge in [0.1, 0.15) is 0 Å². The van der Waals surface area contributed by atoms with Crippen molar-refractivity contribution in [3.05, 3.63) is 74.8 Å². The highest BCUT2D eigenvalue weighted by atomic mass is 35.5. The van der Waals surface area contributed by atoms with E-state index in [0.717, 1.165) is 4.90 Å². The second-order valence-corrected chi connectivity index (χ2v) is 10.1. The van der Waals surface area contributed by atoms with Gasteiger partial charge in [0.25, 0.3) is 0 Å². The molecule has 2 aromatic rings. The molecule has 0 saturated carbocycles.